The average Bonchev–Trinajstić information content (AvgIpc) is 3.51. The normalized spacial score (nSPS) is 14.3. The summed E-state index contributed by atoms with van der Waals surface area (Å²) in [4.78, 5) is 0. The molecule has 0 heterocycles. The van der Waals surface area contributed by atoms with E-state index in [2.05, 4.69) is 127 Å². The van der Waals surface area contributed by atoms with Crippen molar-refractivity contribution in [3.05, 3.63) is 142 Å². The van der Waals surface area contributed by atoms with Gasteiger partial charge in [0.15, 0.2) is 0 Å². The van der Waals surface area contributed by atoms with Gasteiger partial charge in [-0.3, -0.25) is 0 Å². The average molecular weight is 505 g/mol. The Morgan fingerprint density at radius 1 is 0.594 bits per heavy atom. The Kier molecular flexibility index (Phi) is 5.51. The molecule has 0 amide bonds. The Bertz CT molecular complexity index is 1220. The quantitative estimate of drug-likeness (QED) is 0.303. The molecule has 0 radical (unpaired) electrons. The van der Waals surface area contributed by atoms with E-state index in [0.717, 1.165) is 6.42 Å². The van der Waals surface area contributed by atoms with Gasteiger partial charge in [0.25, 0.3) is 0 Å². The molecular weight excluding hydrogens is 480 g/mol. The van der Waals surface area contributed by atoms with Gasteiger partial charge >= 0.3 is 200 Å². The fourth-order valence-corrected chi connectivity index (χ4v) is 30.6. The maximum absolute atomic E-state index is 2.49. The van der Waals surface area contributed by atoms with Crippen LogP contribution in [-0.2, 0) is 20.9 Å². The summed E-state index contributed by atoms with van der Waals surface area (Å²) < 4.78 is 2.38. The van der Waals surface area contributed by atoms with Gasteiger partial charge in [-0.1, -0.05) is 0 Å². The molecule has 0 spiro atoms. The molecule has 2 heteroatoms. The summed E-state index contributed by atoms with van der Waals surface area (Å²) in [5, 5.41) is 3.23. The van der Waals surface area contributed by atoms with Crippen LogP contribution in [0, 0.1) is 0 Å². The maximum atomic E-state index is 2.49. The second kappa shape index (κ2) is 8.77. The topological polar surface area (TPSA) is 0 Å². The second-order valence-electron chi connectivity index (χ2n) is 8.64. The molecule has 6 rings (SSSR count). The molecule has 0 aliphatic heterocycles. The first-order valence-corrected chi connectivity index (χ1v) is 20.1. The number of rotatable bonds is 5. The zero-order valence-corrected chi connectivity index (χ0v) is 21.6. The van der Waals surface area contributed by atoms with E-state index in [1.54, 1.807) is 24.8 Å². The van der Waals surface area contributed by atoms with E-state index in [0.29, 0.717) is 3.63 Å². The predicted octanol–water partition coefficient (Wildman–Crippen LogP) is 5.76. The van der Waals surface area contributed by atoms with Gasteiger partial charge in [-0.05, 0) is 0 Å². The van der Waals surface area contributed by atoms with Gasteiger partial charge < -0.3 is 0 Å². The van der Waals surface area contributed by atoms with Crippen LogP contribution in [0.3, 0.4) is 0 Å². The van der Waals surface area contributed by atoms with Crippen molar-refractivity contribution >= 4 is 16.3 Å². The molecular formula is C30H25SiZr. The molecule has 0 N–H and O–H groups in total. The molecule has 0 nitrogen and oxygen atoms in total. The molecule has 0 atom stereocenters. The van der Waals surface area contributed by atoms with E-state index in [-0.39, 0.29) is 0 Å². The first-order chi connectivity index (χ1) is 15.9. The summed E-state index contributed by atoms with van der Waals surface area (Å²) >= 11 is -2.25. The van der Waals surface area contributed by atoms with E-state index in [9.17, 15) is 0 Å². The van der Waals surface area contributed by atoms with Crippen molar-refractivity contribution in [3.8, 4) is 11.1 Å². The van der Waals surface area contributed by atoms with Crippen LogP contribution in [0.5, 0.6) is 0 Å². The van der Waals surface area contributed by atoms with Crippen molar-refractivity contribution in [3.63, 3.8) is 0 Å². The van der Waals surface area contributed by atoms with Crippen molar-refractivity contribution in [1.82, 2.24) is 0 Å². The van der Waals surface area contributed by atoms with Crippen LogP contribution < -0.4 is 10.4 Å². The van der Waals surface area contributed by atoms with Gasteiger partial charge in [-0.25, -0.2) is 0 Å². The van der Waals surface area contributed by atoms with Crippen molar-refractivity contribution in [1.29, 1.82) is 0 Å². The Labute approximate surface area is 199 Å². The standard InChI is InChI=1S/C13H9.C12H11Si.C5H5.Zr/c1-3-7-12-10(5-1)9-11-6-2-4-8-13(11)12;1-3-7-11(8-4-1)13-12-9-5-2-6-10-12;1-2-4-5-3-1;/h1-9H;1-10,13H;1-3H,4H2;. The number of hydrogen-bond acceptors (Lipinski definition) is 0. The summed E-state index contributed by atoms with van der Waals surface area (Å²) in [6.07, 6.45) is 8.33. The third kappa shape index (κ3) is 3.47. The summed E-state index contributed by atoms with van der Waals surface area (Å²) in [6, 6.07) is 41.4. The molecule has 0 saturated carbocycles. The zero-order valence-electron chi connectivity index (χ0n) is 18.0. The number of benzene rings is 4. The summed E-state index contributed by atoms with van der Waals surface area (Å²) in [6.45, 7) is 0. The summed E-state index contributed by atoms with van der Waals surface area (Å²) in [7, 11) is 0. The molecule has 153 valence electrons. The van der Waals surface area contributed by atoms with Crippen molar-refractivity contribution < 1.29 is 20.9 Å². The van der Waals surface area contributed by atoms with Gasteiger partial charge in [0.1, 0.15) is 0 Å². The number of hydrogen-bond donors (Lipinski definition) is 0. The van der Waals surface area contributed by atoms with Gasteiger partial charge in [-0.2, -0.15) is 0 Å². The first-order valence-electron chi connectivity index (χ1n) is 11.4. The van der Waals surface area contributed by atoms with Crippen molar-refractivity contribution in [2.45, 2.75) is 10.0 Å². The van der Waals surface area contributed by atoms with E-state index >= 15 is 0 Å². The first kappa shape index (κ1) is 20.1. The minimum absolute atomic E-state index is 0.591. The molecule has 0 saturated heterocycles. The molecule has 2 aliphatic carbocycles. The Balaban J connectivity index is 1.61. The van der Waals surface area contributed by atoms with E-state index < -0.39 is 26.8 Å². The van der Waals surface area contributed by atoms with Crippen LogP contribution in [0.25, 0.3) is 11.1 Å². The van der Waals surface area contributed by atoms with Crippen LogP contribution in [0.1, 0.15) is 21.2 Å². The third-order valence-electron chi connectivity index (χ3n) is 6.86. The Morgan fingerprint density at radius 2 is 1.09 bits per heavy atom. The molecule has 4 aromatic rings. The number of fused-ring (bicyclic) bond motifs is 3. The second-order valence-corrected chi connectivity index (χ2v) is 24.0. The fraction of sp³-hybridized carbons (Fsp3) is 0.0667. The van der Waals surface area contributed by atoms with Gasteiger partial charge in [0, 0.05) is 0 Å². The zero-order chi connectivity index (χ0) is 21.3. The van der Waals surface area contributed by atoms with E-state index in [1.807, 2.05) is 0 Å². The SMILES string of the molecule is C1=CC[C]([Zr]([CH]2c3ccccc3-c3ccccc32)[SiH](c2ccccc2)c2ccccc2)=C1. The molecule has 2 aliphatic rings. The predicted molar refractivity (Wildman–Crippen MR) is 135 cm³/mol. The third-order valence-corrected chi connectivity index (χ3v) is 29.0. The van der Waals surface area contributed by atoms with Crippen LogP contribution in [0.2, 0.25) is 0 Å². The molecule has 0 fully saturated rings. The van der Waals surface area contributed by atoms with Crippen LogP contribution in [0.15, 0.2) is 131 Å². The van der Waals surface area contributed by atoms with Gasteiger partial charge in [-0.15, -0.1) is 0 Å². The molecule has 0 bridgehead atoms. The monoisotopic (exact) mass is 503 g/mol. The fourth-order valence-electron chi connectivity index (χ4n) is 5.53. The van der Waals surface area contributed by atoms with Crippen molar-refractivity contribution in [2.75, 3.05) is 0 Å². The Morgan fingerprint density at radius 3 is 1.59 bits per heavy atom. The molecule has 0 aromatic heterocycles. The van der Waals surface area contributed by atoms with Crippen LogP contribution in [0.4, 0.5) is 0 Å². The van der Waals surface area contributed by atoms with Gasteiger partial charge in [0.2, 0.25) is 0 Å². The molecule has 0 unspecified atom stereocenters. The van der Waals surface area contributed by atoms with Crippen LogP contribution in [-0.4, -0.2) is 5.92 Å². The van der Waals surface area contributed by atoms with Crippen LogP contribution >= 0.6 is 0 Å². The van der Waals surface area contributed by atoms with Gasteiger partial charge in [0.05, 0.1) is 0 Å². The van der Waals surface area contributed by atoms with E-state index in [4.69, 9.17) is 0 Å². The van der Waals surface area contributed by atoms with Crippen molar-refractivity contribution in [2.24, 2.45) is 0 Å². The summed E-state index contributed by atoms with van der Waals surface area (Å²) in [5.74, 6) is -1.40. The molecule has 4 aromatic carbocycles. The Hall–Kier alpha value is -2.54. The molecule has 32 heavy (non-hydrogen) atoms. The van der Waals surface area contributed by atoms with E-state index in [1.165, 1.54) is 11.1 Å². The summed E-state index contributed by atoms with van der Waals surface area (Å²) in [5.41, 5.74) is 6.10. The number of allylic oxidation sites excluding steroid dienone is 4. The minimum atomic E-state index is -2.25.